The molecule has 0 N–H and O–H groups in total. The fourth-order valence-corrected chi connectivity index (χ4v) is 3.51. The molecule has 1 rings (SSSR count). The number of rotatable bonds is 8. The first-order chi connectivity index (χ1) is 9.08. The molecule has 0 atom stereocenters. The number of halogens is 3. The lowest BCUT2D eigenvalue weighted by Crippen LogP contribution is -2.22. The van der Waals surface area contributed by atoms with E-state index in [-0.39, 0.29) is 5.56 Å². The minimum atomic E-state index is -1.70. The first-order valence-corrected chi connectivity index (χ1v) is 8.21. The van der Waals surface area contributed by atoms with E-state index in [4.69, 9.17) is 8.85 Å². The Morgan fingerprint density at radius 2 is 1.53 bits per heavy atom. The molecule has 0 bridgehead atoms. The molecule has 6 heteroatoms. The van der Waals surface area contributed by atoms with E-state index in [9.17, 15) is 13.2 Å². The van der Waals surface area contributed by atoms with Crippen molar-refractivity contribution in [2.75, 3.05) is 13.2 Å². The molecule has 0 fully saturated rings. The summed E-state index contributed by atoms with van der Waals surface area (Å²) >= 11 is 0. The lowest BCUT2D eigenvalue weighted by molar-refractivity contribution is 0.213. The third-order valence-electron chi connectivity index (χ3n) is 2.68. The van der Waals surface area contributed by atoms with E-state index >= 15 is 0 Å². The molecule has 0 aliphatic heterocycles. The van der Waals surface area contributed by atoms with Crippen LogP contribution in [-0.4, -0.2) is 22.5 Å². The highest BCUT2D eigenvalue weighted by atomic mass is 28.3. The predicted octanol–water partition coefficient (Wildman–Crippen LogP) is 3.33. The zero-order valence-electron chi connectivity index (χ0n) is 11.2. The summed E-state index contributed by atoms with van der Waals surface area (Å²) in [6.45, 7) is 4.98. The van der Waals surface area contributed by atoms with Crippen molar-refractivity contribution in [2.45, 2.75) is 32.7 Å². The van der Waals surface area contributed by atoms with E-state index in [0.29, 0.717) is 32.1 Å². The summed E-state index contributed by atoms with van der Waals surface area (Å²) in [4.78, 5) is 0. The number of hydrogen-bond acceptors (Lipinski definition) is 2. The van der Waals surface area contributed by atoms with Crippen molar-refractivity contribution in [2.24, 2.45) is 0 Å². The quantitative estimate of drug-likeness (QED) is 0.540. The molecule has 0 saturated carbocycles. The zero-order valence-corrected chi connectivity index (χ0v) is 12.4. The lowest BCUT2D eigenvalue weighted by atomic mass is 10.1. The van der Waals surface area contributed by atoms with E-state index in [1.54, 1.807) is 0 Å². The van der Waals surface area contributed by atoms with Gasteiger partial charge in [-0.3, -0.25) is 0 Å². The van der Waals surface area contributed by atoms with E-state index in [0.717, 1.165) is 12.1 Å². The lowest BCUT2D eigenvalue weighted by Gasteiger charge is -2.14. The SMILES string of the molecule is CCO[SiH](CCCc1cc(F)c(F)cc1F)OCC. The van der Waals surface area contributed by atoms with Crippen molar-refractivity contribution in [1.29, 1.82) is 0 Å². The predicted molar refractivity (Wildman–Crippen MR) is 69.8 cm³/mol. The van der Waals surface area contributed by atoms with Crippen molar-refractivity contribution >= 4 is 9.28 Å². The van der Waals surface area contributed by atoms with Crippen LogP contribution in [0.15, 0.2) is 12.1 Å². The van der Waals surface area contributed by atoms with Gasteiger partial charge >= 0.3 is 9.28 Å². The zero-order chi connectivity index (χ0) is 14.3. The Morgan fingerprint density at radius 3 is 2.11 bits per heavy atom. The van der Waals surface area contributed by atoms with Gasteiger partial charge in [0.1, 0.15) is 5.82 Å². The average molecular weight is 292 g/mol. The van der Waals surface area contributed by atoms with Crippen molar-refractivity contribution in [3.05, 3.63) is 35.1 Å². The Labute approximate surface area is 113 Å². The molecule has 0 heterocycles. The maximum absolute atomic E-state index is 13.4. The molecule has 0 spiro atoms. The van der Waals surface area contributed by atoms with Crippen molar-refractivity contribution < 1.29 is 22.0 Å². The molecule has 0 amide bonds. The highest BCUT2D eigenvalue weighted by Crippen LogP contribution is 2.16. The third kappa shape index (κ3) is 5.34. The molecule has 0 unspecified atom stereocenters. The first-order valence-electron chi connectivity index (χ1n) is 6.45. The fourth-order valence-electron chi connectivity index (χ4n) is 1.80. The van der Waals surface area contributed by atoms with Gasteiger partial charge in [0.25, 0.3) is 0 Å². The molecule has 0 aliphatic carbocycles. The normalized spacial score (nSPS) is 11.3. The molecular formula is C13H19F3O2Si. The van der Waals surface area contributed by atoms with Gasteiger partial charge in [-0.25, -0.2) is 13.2 Å². The average Bonchev–Trinajstić information content (AvgIpc) is 2.36. The van der Waals surface area contributed by atoms with Gasteiger partial charge in [0.15, 0.2) is 11.6 Å². The van der Waals surface area contributed by atoms with Gasteiger partial charge < -0.3 is 8.85 Å². The van der Waals surface area contributed by atoms with Crippen LogP contribution in [0.4, 0.5) is 13.2 Å². The number of hydrogen-bond donors (Lipinski definition) is 0. The van der Waals surface area contributed by atoms with Crippen LogP contribution >= 0.6 is 0 Å². The monoisotopic (exact) mass is 292 g/mol. The van der Waals surface area contributed by atoms with E-state index in [1.165, 1.54) is 0 Å². The Kier molecular flexibility index (Phi) is 7.12. The van der Waals surface area contributed by atoms with Crippen LogP contribution < -0.4 is 0 Å². The van der Waals surface area contributed by atoms with Gasteiger partial charge in [0.2, 0.25) is 0 Å². The molecule has 2 nitrogen and oxygen atoms in total. The minimum Gasteiger partial charge on any atom is -0.397 e. The van der Waals surface area contributed by atoms with E-state index < -0.39 is 26.7 Å². The van der Waals surface area contributed by atoms with Crippen LogP contribution in [0, 0.1) is 17.5 Å². The summed E-state index contributed by atoms with van der Waals surface area (Å²) in [6, 6.07) is 2.23. The highest BCUT2D eigenvalue weighted by Gasteiger charge is 2.14. The second-order valence-corrected chi connectivity index (χ2v) is 6.19. The fraction of sp³-hybridized carbons (Fsp3) is 0.538. The molecule has 0 aliphatic rings. The van der Waals surface area contributed by atoms with Crippen LogP contribution in [0.5, 0.6) is 0 Å². The van der Waals surface area contributed by atoms with Gasteiger partial charge in [-0.1, -0.05) is 0 Å². The largest absolute Gasteiger partial charge is 0.397 e. The summed E-state index contributed by atoms with van der Waals surface area (Å²) in [7, 11) is -1.70. The van der Waals surface area contributed by atoms with Crippen LogP contribution in [0.25, 0.3) is 0 Å². The first kappa shape index (κ1) is 16.2. The summed E-state index contributed by atoms with van der Waals surface area (Å²) < 4.78 is 50.1. The second-order valence-electron chi connectivity index (χ2n) is 4.09. The molecule has 0 aromatic heterocycles. The second kappa shape index (κ2) is 8.34. The Balaban J connectivity index is 2.50. The maximum atomic E-state index is 13.4. The van der Waals surface area contributed by atoms with Crippen LogP contribution in [0.1, 0.15) is 25.8 Å². The van der Waals surface area contributed by atoms with Gasteiger partial charge in [0.05, 0.1) is 0 Å². The van der Waals surface area contributed by atoms with Gasteiger partial charge in [0, 0.05) is 19.3 Å². The Bertz CT molecular complexity index is 396. The molecule has 19 heavy (non-hydrogen) atoms. The van der Waals surface area contributed by atoms with Crippen LogP contribution in [0.2, 0.25) is 6.04 Å². The highest BCUT2D eigenvalue weighted by molar-refractivity contribution is 6.44. The van der Waals surface area contributed by atoms with Crippen molar-refractivity contribution in [3.8, 4) is 0 Å². The van der Waals surface area contributed by atoms with Gasteiger partial charge in [-0.2, -0.15) is 0 Å². The molecule has 0 radical (unpaired) electrons. The molecule has 0 saturated heterocycles. The van der Waals surface area contributed by atoms with E-state index in [1.807, 2.05) is 13.8 Å². The van der Waals surface area contributed by atoms with Crippen molar-refractivity contribution in [1.82, 2.24) is 0 Å². The topological polar surface area (TPSA) is 18.5 Å². The molecule has 1 aromatic carbocycles. The third-order valence-corrected chi connectivity index (χ3v) is 4.97. The number of aryl methyl sites for hydroxylation is 1. The smallest absolute Gasteiger partial charge is 0.321 e. The van der Waals surface area contributed by atoms with Crippen LogP contribution in [0.3, 0.4) is 0 Å². The Hall–Kier alpha value is -0.853. The van der Waals surface area contributed by atoms with Crippen molar-refractivity contribution in [3.63, 3.8) is 0 Å². The summed E-state index contributed by atoms with van der Waals surface area (Å²) in [5.74, 6) is -2.87. The Morgan fingerprint density at radius 1 is 0.947 bits per heavy atom. The standard InChI is InChI=1S/C13H19F3O2Si/c1-3-17-19(18-4-2)7-5-6-10-8-12(15)13(16)9-11(10)14/h8-9,19H,3-7H2,1-2H3. The molecule has 108 valence electrons. The van der Waals surface area contributed by atoms with Crippen LogP contribution in [-0.2, 0) is 15.3 Å². The number of benzene rings is 1. The molecular weight excluding hydrogens is 273 g/mol. The van der Waals surface area contributed by atoms with E-state index in [2.05, 4.69) is 0 Å². The maximum Gasteiger partial charge on any atom is 0.321 e. The summed E-state index contributed by atoms with van der Waals surface area (Å²) in [5, 5.41) is 0. The molecule has 1 aromatic rings. The summed E-state index contributed by atoms with van der Waals surface area (Å²) in [6.07, 6.45) is 0.992. The minimum absolute atomic E-state index is 0.194. The van der Waals surface area contributed by atoms with Gasteiger partial charge in [-0.15, -0.1) is 0 Å². The summed E-state index contributed by atoms with van der Waals surface area (Å²) in [5.41, 5.74) is 0.194. The van der Waals surface area contributed by atoms with Gasteiger partial charge in [-0.05, 0) is 44.4 Å².